The largest absolute Gasteiger partial charge is 0.385 e. The molecular formula is C11H19N3OS. The van der Waals surface area contributed by atoms with Gasteiger partial charge in [-0.1, -0.05) is 19.1 Å². The molecule has 2 N–H and O–H groups in total. The minimum Gasteiger partial charge on any atom is -0.385 e. The first-order valence-electron chi connectivity index (χ1n) is 5.59. The van der Waals surface area contributed by atoms with Crippen molar-refractivity contribution in [3.8, 4) is 0 Å². The standard InChI is InChI=1S/C11H19N3OS/c1-3-5-9-13-10(8-11(16)14-9)12-6-4-7-15-2/h8H,3-7H2,1-2H3,(H2,12,13,14,16). The maximum atomic E-state index is 5.11. The summed E-state index contributed by atoms with van der Waals surface area (Å²) in [6.07, 6.45) is 2.96. The third-order valence-corrected chi connectivity index (χ3v) is 2.33. The molecule has 0 aliphatic rings. The number of methoxy groups -OCH3 is 1. The second-order valence-electron chi connectivity index (χ2n) is 3.60. The topological polar surface area (TPSA) is 49.9 Å². The van der Waals surface area contributed by atoms with Gasteiger partial charge in [0.2, 0.25) is 0 Å². The summed E-state index contributed by atoms with van der Waals surface area (Å²) in [5.74, 6) is 1.89. The van der Waals surface area contributed by atoms with Gasteiger partial charge in [0, 0.05) is 32.7 Å². The zero-order valence-electron chi connectivity index (χ0n) is 9.88. The van der Waals surface area contributed by atoms with Gasteiger partial charge in [-0.3, -0.25) is 0 Å². The molecule has 0 spiro atoms. The first-order chi connectivity index (χ1) is 7.76. The molecule has 0 aliphatic heterocycles. The summed E-state index contributed by atoms with van der Waals surface area (Å²) in [4.78, 5) is 7.50. The molecule has 0 saturated carbocycles. The van der Waals surface area contributed by atoms with Crippen molar-refractivity contribution < 1.29 is 4.74 Å². The Morgan fingerprint density at radius 3 is 3.06 bits per heavy atom. The summed E-state index contributed by atoms with van der Waals surface area (Å²) in [6, 6.07) is 1.85. The van der Waals surface area contributed by atoms with Gasteiger partial charge in [-0.2, -0.15) is 0 Å². The van der Waals surface area contributed by atoms with Gasteiger partial charge in [-0.25, -0.2) is 4.98 Å². The summed E-state index contributed by atoms with van der Waals surface area (Å²) in [6.45, 7) is 3.76. The van der Waals surface area contributed by atoms with Crippen LogP contribution in [0.4, 0.5) is 5.82 Å². The van der Waals surface area contributed by atoms with Crippen LogP contribution in [0.5, 0.6) is 0 Å². The van der Waals surface area contributed by atoms with E-state index >= 15 is 0 Å². The SMILES string of the molecule is CCCc1nc(=S)cc(NCCCOC)[nH]1. The van der Waals surface area contributed by atoms with Crippen LogP contribution in [-0.4, -0.2) is 30.2 Å². The first-order valence-corrected chi connectivity index (χ1v) is 6.00. The maximum Gasteiger partial charge on any atom is 0.131 e. The number of aromatic amines is 1. The average molecular weight is 241 g/mol. The van der Waals surface area contributed by atoms with Crippen molar-refractivity contribution in [1.29, 1.82) is 0 Å². The minimum absolute atomic E-state index is 0.636. The fourth-order valence-electron chi connectivity index (χ4n) is 1.40. The van der Waals surface area contributed by atoms with Crippen molar-refractivity contribution in [3.05, 3.63) is 16.5 Å². The van der Waals surface area contributed by atoms with E-state index in [1.165, 1.54) is 0 Å². The summed E-state index contributed by atoms with van der Waals surface area (Å²) in [5.41, 5.74) is 0. The van der Waals surface area contributed by atoms with E-state index in [-0.39, 0.29) is 0 Å². The van der Waals surface area contributed by atoms with E-state index in [4.69, 9.17) is 17.0 Å². The molecule has 5 heteroatoms. The van der Waals surface area contributed by atoms with Gasteiger partial charge in [0.15, 0.2) is 0 Å². The van der Waals surface area contributed by atoms with Crippen LogP contribution in [0, 0.1) is 4.64 Å². The maximum absolute atomic E-state index is 5.11. The molecule has 0 fully saturated rings. The number of ether oxygens (including phenoxy) is 1. The number of anilines is 1. The first kappa shape index (κ1) is 13.1. The molecule has 16 heavy (non-hydrogen) atoms. The zero-order chi connectivity index (χ0) is 11.8. The Labute approximate surface area is 101 Å². The van der Waals surface area contributed by atoms with Crippen molar-refractivity contribution >= 4 is 18.0 Å². The van der Waals surface area contributed by atoms with Crippen molar-refractivity contribution in [1.82, 2.24) is 9.97 Å². The van der Waals surface area contributed by atoms with E-state index < -0.39 is 0 Å². The number of aryl methyl sites for hydroxylation is 1. The van der Waals surface area contributed by atoms with E-state index in [9.17, 15) is 0 Å². The zero-order valence-corrected chi connectivity index (χ0v) is 10.7. The van der Waals surface area contributed by atoms with E-state index in [0.717, 1.165) is 44.1 Å². The molecule has 0 atom stereocenters. The highest BCUT2D eigenvalue weighted by molar-refractivity contribution is 7.71. The molecule has 0 aromatic carbocycles. The molecular weight excluding hydrogens is 222 g/mol. The lowest BCUT2D eigenvalue weighted by Crippen LogP contribution is -2.07. The number of hydrogen-bond donors (Lipinski definition) is 2. The third-order valence-electron chi connectivity index (χ3n) is 2.12. The lowest BCUT2D eigenvalue weighted by Gasteiger charge is -2.07. The number of nitrogens with zero attached hydrogens (tertiary/aromatic N) is 1. The Morgan fingerprint density at radius 2 is 2.38 bits per heavy atom. The van der Waals surface area contributed by atoms with Gasteiger partial charge < -0.3 is 15.0 Å². The normalized spacial score (nSPS) is 10.4. The molecule has 90 valence electrons. The third kappa shape index (κ3) is 4.72. The fraction of sp³-hybridized carbons (Fsp3) is 0.636. The Hall–Kier alpha value is -0.940. The summed E-state index contributed by atoms with van der Waals surface area (Å²) in [7, 11) is 1.71. The van der Waals surface area contributed by atoms with Crippen LogP contribution in [-0.2, 0) is 11.2 Å². The quantitative estimate of drug-likeness (QED) is 0.569. The molecule has 1 rings (SSSR count). The van der Waals surface area contributed by atoms with Gasteiger partial charge in [-0.15, -0.1) is 0 Å². The second kappa shape index (κ2) is 7.35. The predicted molar refractivity (Wildman–Crippen MR) is 68.4 cm³/mol. The second-order valence-corrected chi connectivity index (χ2v) is 4.02. The molecule has 0 aliphatic carbocycles. The molecule has 0 bridgehead atoms. The van der Waals surface area contributed by atoms with Crippen LogP contribution in [0.1, 0.15) is 25.6 Å². The van der Waals surface area contributed by atoms with Crippen molar-refractivity contribution in [2.45, 2.75) is 26.2 Å². The van der Waals surface area contributed by atoms with Gasteiger partial charge in [0.05, 0.1) is 0 Å². The van der Waals surface area contributed by atoms with Crippen molar-refractivity contribution in [3.63, 3.8) is 0 Å². The van der Waals surface area contributed by atoms with Crippen molar-refractivity contribution in [2.24, 2.45) is 0 Å². The molecule has 1 aromatic rings. The Kier molecular flexibility index (Phi) is 6.03. The van der Waals surface area contributed by atoms with Crippen LogP contribution in [0.2, 0.25) is 0 Å². The molecule has 1 heterocycles. The lowest BCUT2D eigenvalue weighted by atomic mass is 10.3. The predicted octanol–water partition coefficient (Wildman–Crippen LogP) is 2.54. The summed E-state index contributed by atoms with van der Waals surface area (Å²) >= 11 is 5.11. The molecule has 0 radical (unpaired) electrons. The molecule has 0 unspecified atom stereocenters. The number of rotatable bonds is 7. The van der Waals surface area contributed by atoms with Crippen LogP contribution in [0.3, 0.4) is 0 Å². The van der Waals surface area contributed by atoms with Crippen LogP contribution >= 0.6 is 12.2 Å². The van der Waals surface area contributed by atoms with Crippen LogP contribution in [0.15, 0.2) is 6.07 Å². The number of hydrogen-bond acceptors (Lipinski definition) is 4. The highest BCUT2D eigenvalue weighted by atomic mass is 32.1. The molecule has 1 aromatic heterocycles. The van der Waals surface area contributed by atoms with Crippen LogP contribution in [0.25, 0.3) is 0 Å². The highest BCUT2D eigenvalue weighted by Crippen LogP contribution is 2.05. The number of aromatic nitrogens is 2. The van der Waals surface area contributed by atoms with Gasteiger partial charge in [0.25, 0.3) is 0 Å². The lowest BCUT2D eigenvalue weighted by molar-refractivity contribution is 0.197. The summed E-state index contributed by atoms with van der Waals surface area (Å²) in [5, 5.41) is 3.28. The van der Waals surface area contributed by atoms with Crippen LogP contribution < -0.4 is 5.32 Å². The smallest absolute Gasteiger partial charge is 0.131 e. The average Bonchev–Trinajstić information content (AvgIpc) is 2.24. The fourth-order valence-corrected chi connectivity index (χ4v) is 1.63. The van der Waals surface area contributed by atoms with E-state index in [2.05, 4.69) is 22.2 Å². The van der Waals surface area contributed by atoms with Gasteiger partial charge >= 0.3 is 0 Å². The molecule has 0 saturated heterocycles. The number of H-pyrrole nitrogens is 1. The monoisotopic (exact) mass is 241 g/mol. The summed E-state index contributed by atoms with van der Waals surface area (Å²) < 4.78 is 5.62. The molecule has 0 amide bonds. The molecule has 4 nitrogen and oxygen atoms in total. The van der Waals surface area contributed by atoms with E-state index in [1.807, 2.05) is 6.07 Å². The van der Waals surface area contributed by atoms with Gasteiger partial charge in [0.1, 0.15) is 16.3 Å². The van der Waals surface area contributed by atoms with Gasteiger partial charge in [-0.05, 0) is 12.8 Å². The van der Waals surface area contributed by atoms with E-state index in [0.29, 0.717) is 4.64 Å². The Balaban J connectivity index is 2.54. The Bertz CT molecular complexity index is 364. The van der Waals surface area contributed by atoms with Crippen molar-refractivity contribution in [2.75, 3.05) is 25.6 Å². The highest BCUT2D eigenvalue weighted by Gasteiger charge is 1.97. The van der Waals surface area contributed by atoms with E-state index in [1.54, 1.807) is 7.11 Å². The Morgan fingerprint density at radius 1 is 1.56 bits per heavy atom. The number of nitrogens with one attached hydrogen (secondary N) is 2. The minimum atomic E-state index is 0.636.